The number of benzene rings is 1. The molecule has 0 bridgehead atoms. The molecule has 0 amide bonds. The standard InChI is InChI=1S/C12H14ClFOS/c1-8-12(15,5-6-16-8)7-9-10(13)3-2-4-11(9)14/h2-4,8,15H,5-7H2,1H3. The summed E-state index contributed by atoms with van der Waals surface area (Å²) >= 11 is 7.68. The van der Waals surface area contributed by atoms with Gasteiger partial charge in [-0.25, -0.2) is 4.39 Å². The van der Waals surface area contributed by atoms with Gasteiger partial charge in [0.25, 0.3) is 0 Å². The molecule has 1 aliphatic rings. The largest absolute Gasteiger partial charge is 0.388 e. The molecule has 1 saturated heterocycles. The first kappa shape index (κ1) is 12.2. The molecule has 4 heteroatoms. The highest BCUT2D eigenvalue weighted by molar-refractivity contribution is 8.00. The van der Waals surface area contributed by atoms with Gasteiger partial charge in [-0.3, -0.25) is 0 Å². The van der Waals surface area contributed by atoms with E-state index in [2.05, 4.69) is 0 Å². The summed E-state index contributed by atoms with van der Waals surface area (Å²) in [6.07, 6.45) is 0.996. The van der Waals surface area contributed by atoms with Crippen molar-refractivity contribution in [2.45, 2.75) is 30.6 Å². The monoisotopic (exact) mass is 260 g/mol. The van der Waals surface area contributed by atoms with Gasteiger partial charge in [-0.2, -0.15) is 11.8 Å². The molecular formula is C12H14ClFOS. The van der Waals surface area contributed by atoms with E-state index in [-0.39, 0.29) is 11.1 Å². The van der Waals surface area contributed by atoms with Crippen LogP contribution in [0.4, 0.5) is 4.39 Å². The van der Waals surface area contributed by atoms with Crippen LogP contribution in [-0.2, 0) is 6.42 Å². The topological polar surface area (TPSA) is 20.2 Å². The minimum atomic E-state index is -0.823. The second-order valence-electron chi connectivity index (χ2n) is 4.24. The van der Waals surface area contributed by atoms with Crippen LogP contribution in [0.25, 0.3) is 0 Å². The maximum absolute atomic E-state index is 13.6. The van der Waals surface area contributed by atoms with Crippen molar-refractivity contribution in [3.05, 3.63) is 34.6 Å². The lowest BCUT2D eigenvalue weighted by Crippen LogP contribution is -2.37. The molecule has 2 atom stereocenters. The molecule has 0 radical (unpaired) electrons. The summed E-state index contributed by atoms with van der Waals surface area (Å²) in [5.41, 5.74) is -0.391. The zero-order valence-corrected chi connectivity index (χ0v) is 10.6. The van der Waals surface area contributed by atoms with Crippen LogP contribution in [0.5, 0.6) is 0 Å². The van der Waals surface area contributed by atoms with Gasteiger partial charge >= 0.3 is 0 Å². The van der Waals surface area contributed by atoms with Crippen LogP contribution in [0, 0.1) is 5.82 Å². The Bertz CT molecular complexity index is 378. The SMILES string of the molecule is CC1SCCC1(O)Cc1c(F)cccc1Cl. The van der Waals surface area contributed by atoms with Gasteiger partial charge in [-0.15, -0.1) is 0 Å². The van der Waals surface area contributed by atoms with Gasteiger partial charge in [0.15, 0.2) is 0 Å². The van der Waals surface area contributed by atoms with Gasteiger partial charge in [0.1, 0.15) is 5.82 Å². The molecule has 1 aromatic carbocycles. The first-order chi connectivity index (χ1) is 7.53. The Morgan fingerprint density at radius 1 is 1.62 bits per heavy atom. The summed E-state index contributed by atoms with van der Waals surface area (Å²) in [6.45, 7) is 1.98. The molecule has 1 heterocycles. The van der Waals surface area contributed by atoms with E-state index in [0.29, 0.717) is 23.4 Å². The highest BCUT2D eigenvalue weighted by atomic mass is 35.5. The summed E-state index contributed by atoms with van der Waals surface area (Å²) in [5, 5.41) is 10.9. The third kappa shape index (κ3) is 2.22. The number of thioether (sulfide) groups is 1. The van der Waals surface area contributed by atoms with Crippen LogP contribution in [0.2, 0.25) is 5.02 Å². The van der Waals surface area contributed by atoms with E-state index in [1.807, 2.05) is 6.92 Å². The second kappa shape index (κ2) is 4.55. The van der Waals surface area contributed by atoms with Gasteiger partial charge in [0.2, 0.25) is 0 Å². The maximum atomic E-state index is 13.6. The first-order valence-corrected chi connectivity index (χ1v) is 6.72. The highest BCUT2D eigenvalue weighted by Gasteiger charge is 2.39. The fourth-order valence-electron chi connectivity index (χ4n) is 2.01. The number of aliphatic hydroxyl groups is 1. The average molecular weight is 261 g/mol. The number of hydrogen-bond donors (Lipinski definition) is 1. The van der Waals surface area contributed by atoms with E-state index in [1.54, 1.807) is 23.9 Å². The fourth-order valence-corrected chi connectivity index (χ4v) is 3.58. The summed E-state index contributed by atoms with van der Waals surface area (Å²) < 4.78 is 13.6. The molecule has 2 rings (SSSR count). The molecule has 0 spiro atoms. The lowest BCUT2D eigenvalue weighted by molar-refractivity contribution is 0.0456. The van der Waals surface area contributed by atoms with E-state index in [0.717, 1.165) is 5.75 Å². The van der Waals surface area contributed by atoms with Crippen molar-refractivity contribution in [1.82, 2.24) is 0 Å². The zero-order chi connectivity index (χ0) is 11.8. The summed E-state index contributed by atoms with van der Waals surface area (Å²) in [5.74, 6) is 0.592. The lowest BCUT2D eigenvalue weighted by atomic mass is 9.89. The normalized spacial score (nSPS) is 29.6. The van der Waals surface area contributed by atoms with E-state index >= 15 is 0 Å². The second-order valence-corrected chi connectivity index (χ2v) is 6.10. The predicted molar refractivity (Wildman–Crippen MR) is 66.6 cm³/mol. The van der Waals surface area contributed by atoms with Crippen LogP contribution in [0.15, 0.2) is 18.2 Å². The van der Waals surface area contributed by atoms with Crippen molar-refractivity contribution in [2.75, 3.05) is 5.75 Å². The van der Waals surface area contributed by atoms with Crippen molar-refractivity contribution in [2.24, 2.45) is 0 Å². The molecule has 16 heavy (non-hydrogen) atoms. The molecule has 88 valence electrons. The number of hydrogen-bond acceptors (Lipinski definition) is 2. The molecule has 1 nitrogen and oxygen atoms in total. The molecule has 1 aromatic rings. The van der Waals surface area contributed by atoms with Gasteiger partial charge in [0.05, 0.1) is 5.60 Å². The lowest BCUT2D eigenvalue weighted by Gasteiger charge is -2.27. The smallest absolute Gasteiger partial charge is 0.127 e. The maximum Gasteiger partial charge on any atom is 0.127 e. The summed E-state index contributed by atoms with van der Waals surface area (Å²) in [6, 6.07) is 4.63. The molecule has 1 aliphatic heterocycles. The van der Waals surface area contributed by atoms with Crippen molar-refractivity contribution in [3.63, 3.8) is 0 Å². The third-order valence-electron chi connectivity index (χ3n) is 3.20. The Morgan fingerprint density at radius 2 is 2.38 bits per heavy atom. The molecule has 0 aliphatic carbocycles. The highest BCUT2D eigenvalue weighted by Crippen LogP contribution is 2.39. The Balaban J connectivity index is 2.27. The third-order valence-corrected chi connectivity index (χ3v) is 4.94. The van der Waals surface area contributed by atoms with Crippen LogP contribution in [0.1, 0.15) is 18.9 Å². The van der Waals surface area contributed by atoms with Crippen LogP contribution < -0.4 is 0 Å². The molecule has 2 unspecified atom stereocenters. The fraction of sp³-hybridized carbons (Fsp3) is 0.500. The Morgan fingerprint density at radius 3 is 2.94 bits per heavy atom. The van der Waals surface area contributed by atoms with E-state index in [1.165, 1.54) is 6.07 Å². The Hall–Kier alpha value is -0.250. The minimum absolute atomic E-state index is 0.128. The predicted octanol–water partition coefficient (Wildman–Crippen LogP) is 3.28. The summed E-state index contributed by atoms with van der Waals surface area (Å²) in [4.78, 5) is 0. The van der Waals surface area contributed by atoms with E-state index < -0.39 is 5.60 Å². The minimum Gasteiger partial charge on any atom is -0.388 e. The molecular weight excluding hydrogens is 247 g/mol. The molecule has 1 N–H and O–H groups in total. The van der Waals surface area contributed by atoms with E-state index in [4.69, 9.17) is 11.6 Å². The molecule has 0 aromatic heterocycles. The summed E-state index contributed by atoms with van der Waals surface area (Å²) in [7, 11) is 0. The average Bonchev–Trinajstić information content (AvgIpc) is 2.54. The Labute approximate surface area is 104 Å². The zero-order valence-electron chi connectivity index (χ0n) is 9.04. The van der Waals surface area contributed by atoms with Crippen LogP contribution >= 0.6 is 23.4 Å². The van der Waals surface area contributed by atoms with Gasteiger partial charge in [0, 0.05) is 22.3 Å². The number of halogens is 2. The van der Waals surface area contributed by atoms with Gasteiger partial charge in [-0.05, 0) is 24.3 Å². The van der Waals surface area contributed by atoms with Crippen LogP contribution in [0.3, 0.4) is 0 Å². The van der Waals surface area contributed by atoms with Crippen molar-refractivity contribution < 1.29 is 9.50 Å². The van der Waals surface area contributed by atoms with Gasteiger partial charge in [-0.1, -0.05) is 24.6 Å². The van der Waals surface area contributed by atoms with Crippen molar-refractivity contribution >= 4 is 23.4 Å². The van der Waals surface area contributed by atoms with Crippen molar-refractivity contribution in [3.8, 4) is 0 Å². The van der Waals surface area contributed by atoms with Gasteiger partial charge < -0.3 is 5.11 Å². The van der Waals surface area contributed by atoms with Crippen molar-refractivity contribution in [1.29, 1.82) is 0 Å². The first-order valence-electron chi connectivity index (χ1n) is 5.30. The quantitative estimate of drug-likeness (QED) is 0.881. The number of rotatable bonds is 2. The Kier molecular flexibility index (Phi) is 3.48. The van der Waals surface area contributed by atoms with Crippen LogP contribution in [-0.4, -0.2) is 21.7 Å². The van der Waals surface area contributed by atoms with E-state index in [9.17, 15) is 9.50 Å². The molecule has 0 saturated carbocycles. The molecule has 1 fully saturated rings.